The van der Waals surface area contributed by atoms with Gasteiger partial charge in [-0.2, -0.15) is 9.63 Å². The largest absolute Gasteiger partial charge is 0.181 e. The molecule has 0 bridgehead atoms. The van der Waals surface area contributed by atoms with Crippen LogP contribution in [0.15, 0.2) is 17.4 Å². The first-order valence-corrected chi connectivity index (χ1v) is 2.88. The Labute approximate surface area is 57.5 Å². The quantitative estimate of drug-likeness (QED) is 0.379. The molecule has 1 rings (SSSR count). The van der Waals surface area contributed by atoms with Crippen LogP contribution >= 0.6 is 23.4 Å². The summed E-state index contributed by atoms with van der Waals surface area (Å²) in [7, 11) is 0. The molecule has 0 aromatic carbocycles. The third-order valence-corrected chi connectivity index (χ3v) is 1.17. The first-order valence-electron chi connectivity index (χ1n) is 2.10. The van der Waals surface area contributed by atoms with Gasteiger partial charge < -0.3 is 0 Å². The molecular formula is C4H4Cl2N2. The van der Waals surface area contributed by atoms with Crippen LogP contribution in [0.5, 0.6) is 0 Å². The van der Waals surface area contributed by atoms with Crippen LogP contribution in [-0.4, -0.2) is 16.1 Å². The summed E-state index contributed by atoms with van der Waals surface area (Å²) in [6, 6.07) is 0. The van der Waals surface area contributed by atoms with Crippen molar-refractivity contribution in [1.29, 1.82) is 0 Å². The van der Waals surface area contributed by atoms with Crippen molar-refractivity contribution in [2.24, 2.45) is 5.10 Å². The molecule has 0 spiro atoms. The molecule has 0 radical (unpaired) electrons. The third-order valence-electron chi connectivity index (χ3n) is 0.712. The van der Waals surface area contributed by atoms with E-state index in [0.717, 1.165) is 0 Å². The number of rotatable bonds is 0. The maximum atomic E-state index is 5.56. The summed E-state index contributed by atoms with van der Waals surface area (Å²) in [6.07, 6.45) is 4.88. The third kappa shape index (κ3) is 1.39. The number of allylic oxidation sites excluding steroid dienone is 1. The van der Waals surface area contributed by atoms with Crippen molar-refractivity contribution < 1.29 is 0 Å². The second-order valence-electron chi connectivity index (χ2n) is 1.34. The second-order valence-corrected chi connectivity index (χ2v) is 2.19. The van der Waals surface area contributed by atoms with Crippen LogP contribution in [0.2, 0.25) is 0 Å². The van der Waals surface area contributed by atoms with Crippen LogP contribution in [-0.2, 0) is 0 Å². The van der Waals surface area contributed by atoms with Crippen LogP contribution in [0.1, 0.15) is 0 Å². The summed E-state index contributed by atoms with van der Waals surface area (Å²) in [5, 5.41) is 3.56. The predicted molar refractivity (Wildman–Crippen MR) is 35.0 cm³/mol. The first kappa shape index (κ1) is 5.92. The van der Waals surface area contributed by atoms with E-state index in [0.29, 0.717) is 0 Å². The van der Waals surface area contributed by atoms with Gasteiger partial charge in [-0.3, -0.25) is 0 Å². The smallest absolute Gasteiger partial charge is 0.0904 e. The molecule has 1 heterocycles. The molecule has 1 aliphatic rings. The van der Waals surface area contributed by atoms with Gasteiger partial charge in [0.15, 0.2) is 0 Å². The fourth-order valence-electron chi connectivity index (χ4n) is 0.369. The van der Waals surface area contributed by atoms with Gasteiger partial charge in [-0.15, -0.1) is 11.6 Å². The topological polar surface area (TPSA) is 15.6 Å². The van der Waals surface area contributed by atoms with Crippen molar-refractivity contribution >= 4 is 29.6 Å². The number of nitrogens with zero attached hydrogens (tertiary/aromatic N) is 2. The van der Waals surface area contributed by atoms with E-state index >= 15 is 0 Å². The molecule has 1 aliphatic heterocycles. The molecule has 0 N–H and O–H groups in total. The molecule has 0 saturated carbocycles. The molecule has 8 heavy (non-hydrogen) atoms. The summed E-state index contributed by atoms with van der Waals surface area (Å²) in [5.41, 5.74) is 0. The Morgan fingerprint density at radius 1 is 1.62 bits per heavy atom. The van der Waals surface area contributed by atoms with Gasteiger partial charge in [-0.25, -0.2) is 0 Å². The van der Waals surface area contributed by atoms with Crippen molar-refractivity contribution in [3.8, 4) is 0 Å². The molecule has 0 aromatic rings. The number of alkyl halides is 1. The number of hydrazone groups is 1. The standard InChI is InChI=1S/C4H4Cl2N2/c5-4-1-2-8(6)7-3-4/h1-4H. The van der Waals surface area contributed by atoms with Gasteiger partial charge >= 0.3 is 0 Å². The minimum Gasteiger partial charge on any atom is -0.181 e. The normalized spacial score (nSPS) is 26.8. The summed E-state index contributed by atoms with van der Waals surface area (Å²) in [5.74, 6) is 0. The summed E-state index contributed by atoms with van der Waals surface area (Å²) < 4.78 is 1.18. The summed E-state index contributed by atoms with van der Waals surface area (Å²) in [4.78, 5) is 0. The lowest BCUT2D eigenvalue weighted by atomic mass is 10.4. The van der Waals surface area contributed by atoms with E-state index in [4.69, 9.17) is 23.4 Å². The predicted octanol–water partition coefficient (Wildman–Crippen LogP) is 1.56. The molecule has 44 valence electrons. The molecule has 0 aliphatic carbocycles. The molecule has 0 aromatic heterocycles. The summed E-state index contributed by atoms with van der Waals surface area (Å²) in [6.45, 7) is 0. The van der Waals surface area contributed by atoms with Crippen molar-refractivity contribution in [2.75, 3.05) is 0 Å². The van der Waals surface area contributed by atoms with E-state index in [9.17, 15) is 0 Å². The Morgan fingerprint density at radius 3 is 2.75 bits per heavy atom. The number of hydrogen-bond acceptors (Lipinski definition) is 2. The minimum atomic E-state index is -0.106. The fourth-order valence-corrected chi connectivity index (χ4v) is 0.600. The zero-order valence-electron chi connectivity index (χ0n) is 3.96. The van der Waals surface area contributed by atoms with Gasteiger partial charge in [0.1, 0.15) is 0 Å². The molecule has 0 amide bonds. The average Bonchev–Trinajstić information content (AvgIpc) is 1.77. The second kappa shape index (κ2) is 2.37. The SMILES string of the molecule is ClC1C=CN(Cl)N=C1. The van der Waals surface area contributed by atoms with Crippen LogP contribution in [0.3, 0.4) is 0 Å². The van der Waals surface area contributed by atoms with Crippen molar-refractivity contribution in [3.63, 3.8) is 0 Å². The van der Waals surface area contributed by atoms with Gasteiger partial charge in [0.2, 0.25) is 0 Å². The highest BCUT2D eigenvalue weighted by atomic mass is 35.5. The lowest BCUT2D eigenvalue weighted by Gasteiger charge is -2.07. The molecule has 0 fully saturated rings. The Morgan fingerprint density at radius 2 is 2.38 bits per heavy atom. The molecular weight excluding hydrogens is 147 g/mol. The first-order chi connectivity index (χ1) is 3.79. The van der Waals surface area contributed by atoms with E-state index in [1.54, 1.807) is 18.5 Å². The van der Waals surface area contributed by atoms with Crippen LogP contribution in [0, 0.1) is 0 Å². The van der Waals surface area contributed by atoms with Crippen LogP contribution in [0.4, 0.5) is 0 Å². The van der Waals surface area contributed by atoms with E-state index < -0.39 is 0 Å². The Bertz CT molecular complexity index is 104. The number of hydrogen-bond donors (Lipinski definition) is 0. The maximum absolute atomic E-state index is 5.56. The van der Waals surface area contributed by atoms with E-state index in [1.807, 2.05) is 0 Å². The minimum absolute atomic E-state index is 0.106. The molecule has 4 heteroatoms. The zero-order valence-corrected chi connectivity index (χ0v) is 5.47. The van der Waals surface area contributed by atoms with Crippen LogP contribution < -0.4 is 0 Å². The monoisotopic (exact) mass is 150 g/mol. The highest BCUT2D eigenvalue weighted by molar-refractivity contribution is 6.30. The van der Waals surface area contributed by atoms with Crippen molar-refractivity contribution in [2.45, 2.75) is 5.38 Å². The van der Waals surface area contributed by atoms with Crippen molar-refractivity contribution in [1.82, 2.24) is 4.53 Å². The Kier molecular flexibility index (Phi) is 1.76. The zero-order chi connectivity index (χ0) is 5.98. The van der Waals surface area contributed by atoms with E-state index in [1.165, 1.54) is 4.53 Å². The van der Waals surface area contributed by atoms with E-state index in [-0.39, 0.29) is 5.38 Å². The van der Waals surface area contributed by atoms with Gasteiger partial charge in [0.25, 0.3) is 0 Å². The van der Waals surface area contributed by atoms with Gasteiger partial charge in [0, 0.05) is 24.2 Å². The molecule has 2 nitrogen and oxygen atoms in total. The van der Waals surface area contributed by atoms with Gasteiger partial charge in [-0.1, -0.05) is 0 Å². The summed E-state index contributed by atoms with van der Waals surface area (Å²) >= 11 is 10.9. The lowest BCUT2D eigenvalue weighted by molar-refractivity contribution is 0.648. The highest BCUT2D eigenvalue weighted by Crippen LogP contribution is 2.05. The number of halogens is 2. The average molecular weight is 151 g/mol. The fraction of sp³-hybridized carbons (Fsp3) is 0.250. The van der Waals surface area contributed by atoms with Crippen molar-refractivity contribution in [3.05, 3.63) is 12.3 Å². The maximum Gasteiger partial charge on any atom is 0.0904 e. The lowest BCUT2D eigenvalue weighted by Crippen LogP contribution is -2.06. The highest BCUT2D eigenvalue weighted by Gasteiger charge is 2.00. The van der Waals surface area contributed by atoms with Gasteiger partial charge in [-0.05, 0) is 6.08 Å². The Balaban J connectivity index is 2.54. The molecule has 0 saturated heterocycles. The van der Waals surface area contributed by atoms with Crippen LogP contribution in [0.25, 0.3) is 0 Å². The van der Waals surface area contributed by atoms with Gasteiger partial charge in [0.05, 0.1) is 5.38 Å². The Hall–Kier alpha value is -0.210. The molecule has 1 unspecified atom stereocenters. The van der Waals surface area contributed by atoms with E-state index in [2.05, 4.69) is 5.10 Å². The molecule has 1 atom stereocenters.